The van der Waals surface area contributed by atoms with Gasteiger partial charge in [-0.05, 0) is 57.1 Å². The van der Waals surface area contributed by atoms with Crippen molar-refractivity contribution in [1.82, 2.24) is 25.2 Å². The number of benzene rings is 1. The fraction of sp³-hybridized carbons (Fsp3) is 0.639. The third-order valence-electron chi connectivity index (χ3n) is 10.2. The summed E-state index contributed by atoms with van der Waals surface area (Å²) in [5.41, 5.74) is 9.91. The summed E-state index contributed by atoms with van der Waals surface area (Å²) in [4.78, 5) is 52.6. The molecule has 0 atom stereocenters. The maximum Gasteiger partial charge on any atom is 0.271 e. The first kappa shape index (κ1) is 38.0. The number of hydroxylamine groups is 1. The van der Waals surface area contributed by atoms with Crippen LogP contribution in [0.25, 0.3) is 0 Å². The van der Waals surface area contributed by atoms with Gasteiger partial charge in [-0.15, -0.1) is 0 Å². The van der Waals surface area contributed by atoms with Gasteiger partial charge in [0.05, 0.1) is 18.5 Å². The number of ether oxygens (including phenoxy) is 2. The standard InChI is InChI=1S/C36H55N9O6/c1-3-28-35(38-25-14-22-51-23-15-25)41-36(33(40-28)34(37)48)39-26-10-11-29(30(24-26)50-2)44-16-12-27(13-17-44)43-18-20-45(21-19-43)32(47)9-7-5-4-6-8-31(46)42-49/h10-11,24-25,27,49H,3-9,12-23H2,1-2H3,(H2,37,48)(H,42,46)(H2,38,39,41). The Morgan fingerprint density at radius 1 is 0.941 bits per heavy atom. The van der Waals surface area contributed by atoms with E-state index in [1.54, 1.807) is 12.6 Å². The van der Waals surface area contributed by atoms with Crippen molar-refractivity contribution in [2.24, 2.45) is 5.73 Å². The number of carbonyl (C=O) groups is 3. The van der Waals surface area contributed by atoms with E-state index in [0.717, 1.165) is 95.7 Å². The first-order chi connectivity index (χ1) is 24.8. The van der Waals surface area contributed by atoms with Crippen molar-refractivity contribution in [1.29, 1.82) is 0 Å². The largest absolute Gasteiger partial charge is 0.495 e. The van der Waals surface area contributed by atoms with E-state index in [4.69, 9.17) is 25.4 Å². The number of nitrogens with two attached hydrogens (primary N) is 1. The lowest BCUT2D eigenvalue weighted by Crippen LogP contribution is -2.54. The van der Waals surface area contributed by atoms with E-state index in [9.17, 15) is 14.4 Å². The van der Waals surface area contributed by atoms with Crippen LogP contribution < -0.4 is 31.5 Å². The van der Waals surface area contributed by atoms with Crippen LogP contribution in [0, 0.1) is 0 Å². The maximum atomic E-state index is 12.8. The Morgan fingerprint density at radius 3 is 2.29 bits per heavy atom. The van der Waals surface area contributed by atoms with Crippen LogP contribution in [0.1, 0.15) is 87.3 Å². The van der Waals surface area contributed by atoms with Gasteiger partial charge in [0.25, 0.3) is 5.91 Å². The lowest BCUT2D eigenvalue weighted by Gasteiger charge is -2.43. The molecule has 0 saturated carbocycles. The quantitative estimate of drug-likeness (QED) is 0.0973. The Hall–Kier alpha value is -4.21. The molecule has 4 heterocycles. The molecule has 0 radical (unpaired) electrons. The van der Waals surface area contributed by atoms with Crippen LogP contribution in [0.4, 0.5) is 23.0 Å². The van der Waals surface area contributed by atoms with Crippen LogP contribution in [-0.2, 0) is 20.7 Å². The number of anilines is 4. The smallest absolute Gasteiger partial charge is 0.271 e. The molecule has 280 valence electrons. The number of hydrogen-bond donors (Lipinski definition) is 5. The molecule has 1 aromatic carbocycles. The van der Waals surface area contributed by atoms with Crippen molar-refractivity contribution in [2.45, 2.75) is 89.6 Å². The van der Waals surface area contributed by atoms with E-state index in [1.165, 1.54) is 0 Å². The minimum absolute atomic E-state index is 0.0960. The normalized spacial score (nSPS) is 17.6. The summed E-state index contributed by atoms with van der Waals surface area (Å²) in [6, 6.07) is 6.61. The van der Waals surface area contributed by atoms with E-state index < -0.39 is 5.91 Å². The Bertz CT molecular complexity index is 1470. The molecule has 3 saturated heterocycles. The number of aromatic nitrogens is 2. The fourth-order valence-corrected chi connectivity index (χ4v) is 7.22. The molecule has 5 rings (SSSR count). The maximum absolute atomic E-state index is 12.8. The zero-order chi connectivity index (χ0) is 36.2. The van der Waals surface area contributed by atoms with Gasteiger partial charge < -0.3 is 35.6 Å². The lowest BCUT2D eigenvalue weighted by molar-refractivity contribution is -0.133. The summed E-state index contributed by atoms with van der Waals surface area (Å²) in [7, 11) is 1.66. The van der Waals surface area contributed by atoms with Gasteiger partial charge in [-0.2, -0.15) is 0 Å². The lowest BCUT2D eigenvalue weighted by atomic mass is 10.0. The number of nitrogens with one attached hydrogen (secondary N) is 3. The van der Waals surface area contributed by atoms with E-state index in [2.05, 4.69) is 25.4 Å². The molecule has 0 spiro atoms. The molecule has 15 heteroatoms. The van der Waals surface area contributed by atoms with E-state index in [-0.39, 0.29) is 23.6 Å². The number of hydrogen-bond acceptors (Lipinski definition) is 12. The number of primary amides is 1. The SMILES string of the molecule is CCc1nc(C(N)=O)c(Nc2ccc(N3CCC(N4CCN(C(=O)CCCCCCC(=O)NO)CC4)CC3)c(OC)c2)nc1NC1CCOCC1. The summed E-state index contributed by atoms with van der Waals surface area (Å²) in [6.45, 7) is 8.44. The number of carbonyl (C=O) groups excluding carboxylic acids is 3. The van der Waals surface area contributed by atoms with Crippen LogP contribution in [0.2, 0.25) is 0 Å². The third kappa shape index (κ3) is 10.4. The van der Waals surface area contributed by atoms with E-state index >= 15 is 0 Å². The first-order valence-corrected chi connectivity index (χ1v) is 18.5. The number of amides is 3. The van der Waals surface area contributed by atoms with Crippen molar-refractivity contribution in [2.75, 3.05) is 75.1 Å². The van der Waals surface area contributed by atoms with Gasteiger partial charge in [0, 0.05) is 89.2 Å². The number of nitrogens with zero attached hydrogens (tertiary/aromatic N) is 5. The van der Waals surface area contributed by atoms with Crippen LogP contribution in [0.5, 0.6) is 5.75 Å². The Balaban J connectivity index is 1.12. The number of rotatable bonds is 16. The van der Waals surface area contributed by atoms with Crippen LogP contribution in [-0.4, -0.2) is 114 Å². The summed E-state index contributed by atoms with van der Waals surface area (Å²) in [5.74, 6) is 0.872. The molecule has 51 heavy (non-hydrogen) atoms. The predicted octanol–water partition coefficient (Wildman–Crippen LogP) is 3.44. The first-order valence-electron chi connectivity index (χ1n) is 18.5. The molecular weight excluding hydrogens is 654 g/mol. The van der Waals surface area contributed by atoms with Crippen molar-refractivity contribution in [3.8, 4) is 5.75 Å². The molecule has 3 aliphatic heterocycles. The second-order valence-corrected chi connectivity index (χ2v) is 13.6. The van der Waals surface area contributed by atoms with Gasteiger partial charge in [-0.1, -0.05) is 19.8 Å². The Labute approximate surface area is 300 Å². The zero-order valence-electron chi connectivity index (χ0n) is 30.1. The second kappa shape index (κ2) is 18.9. The van der Waals surface area contributed by atoms with Crippen LogP contribution in [0.15, 0.2) is 18.2 Å². The summed E-state index contributed by atoms with van der Waals surface area (Å²) >= 11 is 0. The number of methoxy groups -OCH3 is 1. The summed E-state index contributed by atoms with van der Waals surface area (Å²) < 4.78 is 11.3. The highest BCUT2D eigenvalue weighted by Crippen LogP contribution is 2.35. The van der Waals surface area contributed by atoms with Gasteiger partial charge in [-0.3, -0.25) is 24.5 Å². The minimum Gasteiger partial charge on any atom is -0.495 e. The summed E-state index contributed by atoms with van der Waals surface area (Å²) in [5, 5.41) is 15.4. The Kier molecular flexibility index (Phi) is 14.1. The van der Waals surface area contributed by atoms with Gasteiger partial charge in [0.15, 0.2) is 17.3 Å². The molecule has 15 nitrogen and oxygen atoms in total. The molecule has 3 fully saturated rings. The molecule has 0 aliphatic carbocycles. The Morgan fingerprint density at radius 2 is 1.65 bits per heavy atom. The topological polar surface area (TPSA) is 188 Å². The van der Waals surface area contributed by atoms with Gasteiger partial charge in [0.1, 0.15) is 5.75 Å². The van der Waals surface area contributed by atoms with Gasteiger partial charge >= 0.3 is 0 Å². The van der Waals surface area contributed by atoms with Crippen molar-refractivity contribution in [3.63, 3.8) is 0 Å². The minimum atomic E-state index is -0.646. The molecule has 6 N–H and O–H groups in total. The molecule has 2 aromatic rings. The fourth-order valence-electron chi connectivity index (χ4n) is 7.22. The third-order valence-corrected chi connectivity index (χ3v) is 10.2. The highest BCUT2D eigenvalue weighted by molar-refractivity contribution is 5.96. The molecular formula is C36H55N9O6. The number of unbranched alkanes of at least 4 members (excludes halogenated alkanes) is 3. The average Bonchev–Trinajstić information content (AvgIpc) is 3.16. The molecule has 1 aromatic heterocycles. The highest BCUT2D eigenvalue weighted by atomic mass is 16.5. The predicted molar refractivity (Wildman–Crippen MR) is 195 cm³/mol. The van der Waals surface area contributed by atoms with Crippen molar-refractivity contribution < 1.29 is 29.1 Å². The zero-order valence-corrected chi connectivity index (χ0v) is 30.1. The monoisotopic (exact) mass is 709 g/mol. The number of piperazine rings is 1. The number of piperidine rings is 1. The van der Waals surface area contributed by atoms with Crippen LogP contribution >= 0.6 is 0 Å². The van der Waals surface area contributed by atoms with Crippen molar-refractivity contribution >= 4 is 40.7 Å². The van der Waals surface area contributed by atoms with Crippen molar-refractivity contribution in [3.05, 3.63) is 29.6 Å². The number of aryl methyl sites for hydroxylation is 1. The average molecular weight is 710 g/mol. The van der Waals surface area contributed by atoms with E-state index in [0.29, 0.717) is 68.0 Å². The molecule has 3 aliphatic rings. The molecule has 0 bridgehead atoms. The molecule has 3 amide bonds. The second-order valence-electron chi connectivity index (χ2n) is 13.6. The summed E-state index contributed by atoms with van der Waals surface area (Å²) in [6.07, 6.45) is 8.56. The van der Waals surface area contributed by atoms with Gasteiger partial charge in [0.2, 0.25) is 11.8 Å². The highest BCUT2D eigenvalue weighted by Gasteiger charge is 2.30. The van der Waals surface area contributed by atoms with Gasteiger partial charge in [-0.25, -0.2) is 15.4 Å². The molecule has 0 unspecified atom stereocenters. The van der Waals surface area contributed by atoms with Crippen LogP contribution in [0.3, 0.4) is 0 Å². The van der Waals surface area contributed by atoms with E-state index in [1.807, 2.05) is 30.0 Å².